The van der Waals surface area contributed by atoms with Gasteiger partial charge >= 0.3 is 0 Å². The maximum Gasteiger partial charge on any atom is 0.125 e. The second-order valence-electron chi connectivity index (χ2n) is 3.07. The Hall–Kier alpha value is -1.53. The summed E-state index contributed by atoms with van der Waals surface area (Å²) < 4.78 is 5.41. The van der Waals surface area contributed by atoms with Gasteiger partial charge < -0.3 is 10.5 Å². The Morgan fingerprint density at radius 1 is 1.54 bits per heavy atom. The van der Waals surface area contributed by atoms with E-state index in [0.29, 0.717) is 12.2 Å². The predicted molar refractivity (Wildman–Crippen MR) is 48.2 cm³/mol. The molecule has 3 nitrogen and oxygen atoms in total. The van der Waals surface area contributed by atoms with Crippen LogP contribution in [0.5, 0.6) is 5.75 Å². The van der Waals surface area contributed by atoms with Gasteiger partial charge in [-0.25, -0.2) is 0 Å². The van der Waals surface area contributed by atoms with Crippen molar-refractivity contribution < 1.29 is 4.74 Å². The number of fused-ring (bicyclic) bond motifs is 1. The zero-order valence-corrected chi connectivity index (χ0v) is 7.16. The number of hydrogen-bond acceptors (Lipinski definition) is 3. The molecule has 13 heavy (non-hydrogen) atoms. The molecule has 0 aliphatic carbocycles. The Morgan fingerprint density at radius 2 is 2.38 bits per heavy atom. The van der Waals surface area contributed by atoms with E-state index in [1.807, 2.05) is 12.1 Å². The van der Waals surface area contributed by atoms with Gasteiger partial charge in [0.25, 0.3) is 0 Å². The van der Waals surface area contributed by atoms with Crippen LogP contribution in [-0.2, 0) is 0 Å². The third-order valence-corrected chi connectivity index (χ3v) is 2.24. The summed E-state index contributed by atoms with van der Waals surface area (Å²) in [7, 11) is 0. The average molecular weight is 174 g/mol. The van der Waals surface area contributed by atoms with Gasteiger partial charge in [0.2, 0.25) is 0 Å². The summed E-state index contributed by atoms with van der Waals surface area (Å²) in [6.45, 7) is 0.642. The lowest BCUT2D eigenvalue weighted by Crippen LogP contribution is -2.21. The molecule has 1 heterocycles. The molecule has 0 bridgehead atoms. The van der Waals surface area contributed by atoms with Gasteiger partial charge in [-0.1, -0.05) is 6.07 Å². The number of rotatable bonds is 0. The van der Waals surface area contributed by atoms with Crippen LogP contribution in [0.25, 0.3) is 0 Å². The van der Waals surface area contributed by atoms with E-state index in [2.05, 4.69) is 6.07 Å². The molecule has 0 unspecified atom stereocenters. The molecule has 2 N–H and O–H groups in total. The highest BCUT2D eigenvalue weighted by Crippen LogP contribution is 2.32. The Kier molecular flexibility index (Phi) is 1.91. The third-order valence-electron chi connectivity index (χ3n) is 2.24. The molecule has 1 aromatic rings. The number of benzene rings is 1. The maximum absolute atomic E-state index is 8.85. The molecule has 1 aliphatic rings. The van der Waals surface area contributed by atoms with Crippen LogP contribution in [0.1, 0.15) is 23.6 Å². The molecule has 0 fully saturated rings. The summed E-state index contributed by atoms with van der Waals surface area (Å²) in [4.78, 5) is 0. The van der Waals surface area contributed by atoms with E-state index < -0.39 is 0 Å². The smallest absolute Gasteiger partial charge is 0.125 e. The predicted octanol–water partition coefficient (Wildman–Crippen LogP) is 1.34. The van der Waals surface area contributed by atoms with Gasteiger partial charge in [0.15, 0.2) is 0 Å². The lowest BCUT2D eigenvalue weighted by atomic mass is 9.96. The minimum absolute atomic E-state index is 0.0559. The van der Waals surface area contributed by atoms with Crippen LogP contribution in [-0.4, -0.2) is 6.61 Å². The largest absolute Gasteiger partial charge is 0.493 e. The number of ether oxygens (including phenoxy) is 1. The van der Waals surface area contributed by atoms with Gasteiger partial charge in [-0.05, 0) is 12.1 Å². The van der Waals surface area contributed by atoms with Crippen LogP contribution in [0.15, 0.2) is 18.2 Å². The molecular weight excluding hydrogens is 164 g/mol. The van der Waals surface area contributed by atoms with Crippen LogP contribution < -0.4 is 10.5 Å². The van der Waals surface area contributed by atoms with Gasteiger partial charge in [0.1, 0.15) is 5.75 Å². The molecule has 0 saturated heterocycles. The molecule has 0 amide bonds. The summed E-state index contributed by atoms with van der Waals surface area (Å²) in [5.74, 6) is 0.762. The number of hydrogen-bond donors (Lipinski definition) is 1. The topological polar surface area (TPSA) is 59.0 Å². The van der Waals surface area contributed by atoms with E-state index in [-0.39, 0.29) is 6.04 Å². The van der Waals surface area contributed by atoms with Crippen molar-refractivity contribution in [1.29, 1.82) is 5.26 Å². The molecule has 1 aromatic carbocycles. The van der Waals surface area contributed by atoms with Crippen LogP contribution >= 0.6 is 0 Å². The minimum Gasteiger partial charge on any atom is -0.493 e. The number of nitriles is 1. The number of nitrogens with two attached hydrogens (primary N) is 1. The van der Waals surface area contributed by atoms with Crippen molar-refractivity contribution in [3.63, 3.8) is 0 Å². The van der Waals surface area contributed by atoms with Crippen molar-refractivity contribution in [3.05, 3.63) is 29.3 Å². The van der Waals surface area contributed by atoms with Crippen LogP contribution in [0, 0.1) is 11.3 Å². The average Bonchev–Trinajstić information content (AvgIpc) is 2.17. The van der Waals surface area contributed by atoms with Crippen LogP contribution in [0.2, 0.25) is 0 Å². The second kappa shape index (κ2) is 3.08. The van der Waals surface area contributed by atoms with Gasteiger partial charge in [0, 0.05) is 18.0 Å². The summed E-state index contributed by atoms with van der Waals surface area (Å²) in [6, 6.07) is 7.51. The SMILES string of the molecule is N#Cc1cccc2c1[C@@H](N)CCO2. The normalized spacial score (nSPS) is 19.8. The minimum atomic E-state index is -0.0559. The van der Waals surface area contributed by atoms with Crippen molar-refractivity contribution in [2.75, 3.05) is 6.61 Å². The third kappa shape index (κ3) is 1.25. The zero-order valence-electron chi connectivity index (χ0n) is 7.16. The van der Waals surface area contributed by atoms with Crippen molar-refractivity contribution in [2.24, 2.45) is 5.73 Å². The fourth-order valence-electron chi connectivity index (χ4n) is 1.59. The summed E-state index contributed by atoms with van der Waals surface area (Å²) in [5.41, 5.74) is 7.38. The van der Waals surface area contributed by atoms with E-state index in [1.165, 1.54) is 0 Å². The lowest BCUT2D eigenvalue weighted by Gasteiger charge is -2.23. The fraction of sp³-hybridized carbons (Fsp3) is 0.300. The van der Waals surface area contributed by atoms with Crippen molar-refractivity contribution in [3.8, 4) is 11.8 Å². The highest BCUT2D eigenvalue weighted by atomic mass is 16.5. The second-order valence-corrected chi connectivity index (χ2v) is 3.07. The van der Waals surface area contributed by atoms with Gasteiger partial charge in [-0.15, -0.1) is 0 Å². The molecule has 0 saturated carbocycles. The van der Waals surface area contributed by atoms with Crippen molar-refractivity contribution in [1.82, 2.24) is 0 Å². The molecule has 1 atom stereocenters. The standard InChI is InChI=1S/C10H10N2O/c11-6-7-2-1-3-9-10(7)8(12)4-5-13-9/h1-3,8H,4-5,12H2/t8-/m0/s1. The fourth-order valence-corrected chi connectivity index (χ4v) is 1.59. The maximum atomic E-state index is 8.85. The van der Waals surface area contributed by atoms with Gasteiger partial charge in [-0.3, -0.25) is 0 Å². The molecule has 0 aromatic heterocycles. The van der Waals surface area contributed by atoms with E-state index in [0.717, 1.165) is 17.7 Å². The van der Waals surface area contributed by atoms with E-state index in [4.69, 9.17) is 15.7 Å². The molecule has 0 spiro atoms. The van der Waals surface area contributed by atoms with E-state index in [9.17, 15) is 0 Å². The molecule has 2 rings (SSSR count). The molecule has 3 heteroatoms. The molecular formula is C10H10N2O. The summed E-state index contributed by atoms with van der Waals surface area (Å²) in [5, 5.41) is 8.85. The van der Waals surface area contributed by atoms with E-state index in [1.54, 1.807) is 6.07 Å². The summed E-state index contributed by atoms with van der Waals surface area (Å²) >= 11 is 0. The first-order valence-electron chi connectivity index (χ1n) is 4.24. The molecule has 66 valence electrons. The zero-order chi connectivity index (χ0) is 9.26. The summed E-state index contributed by atoms with van der Waals surface area (Å²) in [6.07, 6.45) is 0.783. The highest BCUT2D eigenvalue weighted by molar-refractivity contribution is 5.49. The first kappa shape index (κ1) is 8.09. The van der Waals surface area contributed by atoms with Gasteiger partial charge in [0.05, 0.1) is 18.2 Å². The number of nitrogens with zero attached hydrogens (tertiary/aromatic N) is 1. The highest BCUT2D eigenvalue weighted by Gasteiger charge is 2.20. The quantitative estimate of drug-likeness (QED) is 0.645. The molecule has 1 aliphatic heterocycles. The van der Waals surface area contributed by atoms with Crippen molar-refractivity contribution in [2.45, 2.75) is 12.5 Å². The Balaban J connectivity index is 2.58. The Labute approximate surface area is 76.7 Å². The Bertz CT molecular complexity index is 368. The molecule has 0 radical (unpaired) electrons. The van der Waals surface area contributed by atoms with Crippen LogP contribution in [0.3, 0.4) is 0 Å². The van der Waals surface area contributed by atoms with E-state index >= 15 is 0 Å². The lowest BCUT2D eigenvalue weighted by molar-refractivity contribution is 0.268. The Morgan fingerprint density at radius 3 is 3.15 bits per heavy atom. The first-order chi connectivity index (χ1) is 6.33. The monoisotopic (exact) mass is 174 g/mol. The first-order valence-corrected chi connectivity index (χ1v) is 4.24. The van der Waals surface area contributed by atoms with Gasteiger partial charge in [-0.2, -0.15) is 5.26 Å². The van der Waals surface area contributed by atoms with Crippen molar-refractivity contribution >= 4 is 0 Å². The van der Waals surface area contributed by atoms with Crippen LogP contribution in [0.4, 0.5) is 0 Å².